The van der Waals surface area contributed by atoms with E-state index in [4.69, 9.17) is 19.4 Å². The normalized spacial score (nSPS) is 20.8. The number of benzene rings is 1. The Morgan fingerprint density at radius 1 is 1.14 bits per heavy atom. The van der Waals surface area contributed by atoms with Crippen molar-refractivity contribution in [3.05, 3.63) is 35.4 Å². The summed E-state index contributed by atoms with van der Waals surface area (Å²) in [6.07, 6.45) is 2.80. The quantitative estimate of drug-likeness (QED) is 0.833. The fourth-order valence-corrected chi connectivity index (χ4v) is 4.38. The zero-order chi connectivity index (χ0) is 19.0. The van der Waals surface area contributed by atoms with Gasteiger partial charge in [-0.3, -0.25) is 0 Å². The minimum absolute atomic E-state index is 0.0174. The first kappa shape index (κ1) is 17.8. The number of hydrogen-bond donors (Lipinski definition) is 2. The van der Waals surface area contributed by atoms with Crippen molar-refractivity contribution in [2.45, 2.75) is 31.5 Å². The van der Waals surface area contributed by atoms with Crippen molar-refractivity contribution in [2.75, 3.05) is 44.3 Å². The summed E-state index contributed by atoms with van der Waals surface area (Å²) in [7, 11) is 0. The molecular weight excluding hydrogens is 356 g/mol. The Bertz CT molecular complexity index is 861. The number of nitrogens with zero attached hydrogens (tertiary/aromatic N) is 3. The standard InChI is InChI=1S/C21H26N4O3/c26-14-15-2-1-3-16(12-15)18-17-13-21(4-6-22-7-5-21)28-19(17)24-20(23-18)25-8-10-27-11-9-25/h1-3,12,22,26H,4-11,13-14H2. The van der Waals surface area contributed by atoms with Crippen molar-refractivity contribution in [3.63, 3.8) is 0 Å². The molecule has 2 fully saturated rings. The average molecular weight is 382 g/mol. The summed E-state index contributed by atoms with van der Waals surface area (Å²) < 4.78 is 12.0. The van der Waals surface area contributed by atoms with Gasteiger partial charge in [0.15, 0.2) is 0 Å². The van der Waals surface area contributed by atoms with Crippen molar-refractivity contribution in [3.8, 4) is 17.1 Å². The third-order valence-corrected chi connectivity index (χ3v) is 5.96. The van der Waals surface area contributed by atoms with Crippen LogP contribution >= 0.6 is 0 Å². The largest absolute Gasteiger partial charge is 0.470 e. The Balaban J connectivity index is 1.59. The summed E-state index contributed by atoms with van der Waals surface area (Å²) in [5.74, 6) is 1.43. The Morgan fingerprint density at radius 3 is 2.75 bits per heavy atom. The van der Waals surface area contributed by atoms with Gasteiger partial charge in [-0.25, -0.2) is 4.98 Å². The highest BCUT2D eigenvalue weighted by atomic mass is 16.5. The maximum atomic E-state index is 9.57. The molecule has 0 bridgehead atoms. The number of piperidine rings is 1. The van der Waals surface area contributed by atoms with Crippen LogP contribution in [0.5, 0.6) is 5.88 Å². The lowest BCUT2D eigenvalue weighted by atomic mass is 9.87. The number of rotatable bonds is 3. The van der Waals surface area contributed by atoms with Crippen LogP contribution in [0, 0.1) is 0 Å². The summed E-state index contributed by atoms with van der Waals surface area (Å²) in [6.45, 7) is 4.89. The second-order valence-corrected chi connectivity index (χ2v) is 7.83. The maximum Gasteiger partial charge on any atom is 0.229 e. The van der Waals surface area contributed by atoms with Crippen molar-refractivity contribution in [2.24, 2.45) is 0 Å². The van der Waals surface area contributed by atoms with E-state index < -0.39 is 0 Å². The number of morpholine rings is 1. The van der Waals surface area contributed by atoms with Gasteiger partial charge in [-0.05, 0) is 24.7 Å². The van der Waals surface area contributed by atoms with Gasteiger partial charge < -0.3 is 24.8 Å². The van der Waals surface area contributed by atoms with Crippen molar-refractivity contribution in [1.29, 1.82) is 0 Å². The van der Waals surface area contributed by atoms with Gasteiger partial charge in [-0.1, -0.05) is 18.2 Å². The monoisotopic (exact) mass is 382 g/mol. The van der Waals surface area contributed by atoms with Gasteiger partial charge in [0.05, 0.1) is 25.5 Å². The fourth-order valence-electron chi connectivity index (χ4n) is 4.38. The summed E-state index contributed by atoms with van der Waals surface area (Å²) in [5.41, 5.74) is 3.74. The van der Waals surface area contributed by atoms with Crippen molar-refractivity contribution < 1.29 is 14.6 Å². The number of aromatic nitrogens is 2. The lowest BCUT2D eigenvalue weighted by Crippen LogP contribution is -2.45. The van der Waals surface area contributed by atoms with Crippen LogP contribution in [0.15, 0.2) is 24.3 Å². The van der Waals surface area contributed by atoms with E-state index in [9.17, 15) is 5.11 Å². The van der Waals surface area contributed by atoms with Crippen LogP contribution in [-0.4, -0.2) is 60.1 Å². The Labute approximate surface area is 164 Å². The molecule has 4 heterocycles. The first-order chi connectivity index (χ1) is 13.8. The Hall–Kier alpha value is -2.22. The molecule has 0 unspecified atom stereocenters. The summed E-state index contributed by atoms with van der Waals surface area (Å²) in [6, 6.07) is 7.97. The van der Waals surface area contributed by atoms with Crippen molar-refractivity contribution >= 4 is 5.95 Å². The third kappa shape index (κ3) is 3.23. The van der Waals surface area contributed by atoms with Gasteiger partial charge in [-0.2, -0.15) is 4.98 Å². The molecule has 0 saturated carbocycles. The number of hydrogen-bond acceptors (Lipinski definition) is 7. The maximum absolute atomic E-state index is 9.57. The second kappa shape index (κ2) is 7.31. The van der Waals surface area contributed by atoms with Gasteiger partial charge in [0.2, 0.25) is 11.8 Å². The zero-order valence-electron chi connectivity index (χ0n) is 16.0. The topological polar surface area (TPSA) is 79.7 Å². The van der Waals surface area contributed by atoms with Gasteiger partial charge in [0.25, 0.3) is 0 Å². The Kier molecular flexibility index (Phi) is 4.66. The van der Waals surface area contributed by atoms with Crippen LogP contribution in [-0.2, 0) is 17.8 Å². The van der Waals surface area contributed by atoms with Crippen LogP contribution in [0.4, 0.5) is 5.95 Å². The van der Waals surface area contributed by atoms with E-state index in [0.29, 0.717) is 19.2 Å². The van der Waals surface area contributed by atoms with Gasteiger partial charge in [0.1, 0.15) is 5.60 Å². The number of fused-ring (bicyclic) bond motifs is 1. The highest BCUT2D eigenvalue weighted by molar-refractivity contribution is 5.68. The van der Waals surface area contributed by atoms with E-state index in [0.717, 1.165) is 73.7 Å². The fraction of sp³-hybridized carbons (Fsp3) is 0.524. The summed E-state index contributed by atoms with van der Waals surface area (Å²) in [5, 5.41) is 13.0. The average Bonchev–Trinajstić information content (AvgIpc) is 3.11. The van der Waals surface area contributed by atoms with Crippen LogP contribution in [0.2, 0.25) is 0 Å². The molecule has 7 nitrogen and oxygen atoms in total. The SMILES string of the molecule is OCc1cccc(-c2nc(N3CCOCC3)nc3c2CC2(CCNCC2)O3)c1. The summed E-state index contributed by atoms with van der Waals surface area (Å²) >= 11 is 0. The molecule has 7 heteroatoms. The molecule has 0 aliphatic carbocycles. The number of anilines is 1. The van der Waals surface area contributed by atoms with E-state index in [2.05, 4.69) is 16.3 Å². The number of aliphatic hydroxyl groups excluding tert-OH is 1. The van der Waals surface area contributed by atoms with Gasteiger partial charge in [-0.15, -0.1) is 0 Å². The molecule has 2 aromatic rings. The lowest BCUT2D eigenvalue weighted by molar-refractivity contribution is 0.0562. The minimum atomic E-state index is -0.171. The molecule has 2 N–H and O–H groups in total. The Morgan fingerprint density at radius 2 is 1.96 bits per heavy atom. The van der Waals surface area contributed by atoms with Crippen LogP contribution < -0.4 is 15.0 Å². The highest BCUT2D eigenvalue weighted by Crippen LogP contribution is 2.43. The lowest BCUT2D eigenvalue weighted by Gasteiger charge is -2.32. The van der Waals surface area contributed by atoms with Crippen LogP contribution in [0.25, 0.3) is 11.3 Å². The van der Waals surface area contributed by atoms with E-state index in [1.165, 1.54) is 0 Å². The van der Waals surface area contributed by atoms with Crippen LogP contribution in [0.3, 0.4) is 0 Å². The molecule has 28 heavy (non-hydrogen) atoms. The molecule has 5 rings (SSSR count). The molecule has 1 aromatic heterocycles. The predicted molar refractivity (Wildman–Crippen MR) is 106 cm³/mol. The molecule has 3 aliphatic rings. The molecule has 1 aromatic carbocycles. The highest BCUT2D eigenvalue weighted by Gasteiger charge is 2.43. The van der Waals surface area contributed by atoms with Gasteiger partial charge in [0, 0.05) is 43.5 Å². The molecule has 1 spiro atoms. The van der Waals surface area contributed by atoms with Gasteiger partial charge >= 0.3 is 0 Å². The molecular formula is C21H26N4O3. The number of ether oxygens (including phenoxy) is 2. The number of nitrogens with one attached hydrogen (secondary N) is 1. The molecule has 0 atom stereocenters. The second-order valence-electron chi connectivity index (χ2n) is 7.83. The van der Waals surface area contributed by atoms with Crippen molar-refractivity contribution in [1.82, 2.24) is 15.3 Å². The van der Waals surface area contributed by atoms with E-state index in [1.807, 2.05) is 18.2 Å². The molecule has 148 valence electrons. The first-order valence-electron chi connectivity index (χ1n) is 10.1. The minimum Gasteiger partial charge on any atom is -0.470 e. The molecule has 0 radical (unpaired) electrons. The molecule has 2 saturated heterocycles. The zero-order valence-corrected chi connectivity index (χ0v) is 16.0. The molecule has 3 aliphatic heterocycles. The molecule has 0 amide bonds. The van der Waals surface area contributed by atoms with Crippen LogP contribution in [0.1, 0.15) is 24.0 Å². The number of aliphatic hydroxyl groups is 1. The first-order valence-corrected chi connectivity index (χ1v) is 10.1. The summed E-state index contributed by atoms with van der Waals surface area (Å²) in [4.78, 5) is 12.0. The predicted octanol–water partition coefficient (Wildman–Crippen LogP) is 1.53. The van der Waals surface area contributed by atoms with E-state index >= 15 is 0 Å². The smallest absolute Gasteiger partial charge is 0.229 e. The van der Waals surface area contributed by atoms with E-state index in [-0.39, 0.29) is 12.2 Å². The third-order valence-electron chi connectivity index (χ3n) is 5.96. The van der Waals surface area contributed by atoms with E-state index in [1.54, 1.807) is 0 Å².